The van der Waals surface area contributed by atoms with Crippen molar-refractivity contribution in [3.05, 3.63) is 0 Å². The van der Waals surface area contributed by atoms with E-state index in [9.17, 15) is 9.90 Å². The largest absolute Gasteiger partial charge is 0.480 e. The Morgan fingerprint density at radius 2 is 2.10 bits per heavy atom. The van der Waals surface area contributed by atoms with Crippen LogP contribution in [0.2, 0.25) is 0 Å². The van der Waals surface area contributed by atoms with E-state index in [4.69, 9.17) is 0 Å². The Hall–Kier alpha value is -0.650. The van der Waals surface area contributed by atoms with E-state index in [-0.39, 0.29) is 0 Å². The Kier molecular flexibility index (Phi) is 6.92. The smallest absolute Gasteiger partial charge is 0.323 e. The molecule has 0 aromatic heterocycles. The highest BCUT2D eigenvalue weighted by Gasteiger charge is 2.31. The van der Waals surface area contributed by atoms with Crippen LogP contribution in [0.5, 0.6) is 0 Å². The molecule has 1 aliphatic rings. The number of carboxylic acids is 1. The summed E-state index contributed by atoms with van der Waals surface area (Å²) in [6.45, 7) is 11.7. The fraction of sp³-hybridized carbons (Fsp3) is 0.933. The first kappa shape index (κ1) is 17.4. The first-order chi connectivity index (χ1) is 9.46. The molecule has 0 saturated carbocycles. The molecule has 1 heterocycles. The Labute approximate surface area is 123 Å². The SMILES string of the molecule is CCN(CC)C1CCN(CCCC(C)(NC)C(=O)O)C1. The summed E-state index contributed by atoms with van der Waals surface area (Å²) in [6.07, 6.45) is 2.84. The van der Waals surface area contributed by atoms with Crippen LogP contribution >= 0.6 is 0 Å². The van der Waals surface area contributed by atoms with Gasteiger partial charge in [0.25, 0.3) is 0 Å². The minimum Gasteiger partial charge on any atom is -0.480 e. The molecular formula is C15H31N3O2. The summed E-state index contributed by atoms with van der Waals surface area (Å²) < 4.78 is 0. The predicted octanol–water partition coefficient (Wildman–Crippen LogP) is 1.25. The highest BCUT2D eigenvalue weighted by atomic mass is 16.4. The van der Waals surface area contributed by atoms with E-state index in [0.29, 0.717) is 12.5 Å². The first-order valence-electron chi connectivity index (χ1n) is 7.85. The van der Waals surface area contributed by atoms with Crippen molar-refractivity contribution in [2.24, 2.45) is 0 Å². The van der Waals surface area contributed by atoms with Crippen LogP contribution in [-0.4, -0.2) is 72.2 Å². The zero-order valence-electron chi connectivity index (χ0n) is 13.5. The van der Waals surface area contributed by atoms with E-state index in [1.54, 1.807) is 14.0 Å². The van der Waals surface area contributed by atoms with E-state index in [2.05, 4.69) is 29.0 Å². The molecule has 0 aromatic rings. The lowest BCUT2D eigenvalue weighted by Gasteiger charge is -2.27. The molecule has 0 radical (unpaired) electrons. The van der Waals surface area contributed by atoms with Crippen molar-refractivity contribution in [2.45, 2.75) is 51.6 Å². The van der Waals surface area contributed by atoms with Crippen LogP contribution in [0.1, 0.15) is 40.0 Å². The van der Waals surface area contributed by atoms with Gasteiger partial charge in [-0.2, -0.15) is 0 Å². The second-order valence-corrected chi connectivity index (χ2v) is 5.96. The molecule has 20 heavy (non-hydrogen) atoms. The van der Waals surface area contributed by atoms with Gasteiger partial charge in [-0.15, -0.1) is 0 Å². The van der Waals surface area contributed by atoms with Gasteiger partial charge >= 0.3 is 5.97 Å². The van der Waals surface area contributed by atoms with Gasteiger partial charge in [-0.25, -0.2) is 0 Å². The van der Waals surface area contributed by atoms with E-state index >= 15 is 0 Å². The Morgan fingerprint density at radius 3 is 2.60 bits per heavy atom. The number of carboxylic acid groups (broad SMARTS) is 1. The van der Waals surface area contributed by atoms with Crippen molar-refractivity contribution in [1.29, 1.82) is 0 Å². The average molecular weight is 285 g/mol. The average Bonchev–Trinajstić information content (AvgIpc) is 2.88. The summed E-state index contributed by atoms with van der Waals surface area (Å²) in [6, 6.07) is 0.681. The Balaban J connectivity index is 2.32. The van der Waals surface area contributed by atoms with Gasteiger partial charge in [0.1, 0.15) is 5.54 Å². The second kappa shape index (κ2) is 7.96. The van der Waals surface area contributed by atoms with Crippen LogP contribution in [0.3, 0.4) is 0 Å². The molecule has 5 nitrogen and oxygen atoms in total. The molecule has 5 heteroatoms. The molecule has 2 N–H and O–H groups in total. The van der Waals surface area contributed by atoms with Crippen LogP contribution in [0, 0.1) is 0 Å². The van der Waals surface area contributed by atoms with E-state index in [1.165, 1.54) is 6.42 Å². The van der Waals surface area contributed by atoms with Gasteiger partial charge in [0.05, 0.1) is 0 Å². The summed E-state index contributed by atoms with van der Waals surface area (Å²) in [5, 5.41) is 12.1. The zero-order chi connectivity index (χ0) is 15.2. The zero-order valence-corrected chi connectivity index (χ0v) is 13.5. The fourth-order valence-corrected chi connectivity index (χ4v) is 3.05. The minimum absolute atomic E-state index is 0.672. The van der Waals surface area contributed by atoms with Crippen LogP contribution in [-0.2, 0) is 4.79 Å². The van der Waals surface area contributed by atoms with Gasteiger partial charge in [0, 0.05) is 12.6 Å². The molecule has 0 amide bonds. The summed E-state index contributed by atoms with van der Waals surface area (Å²) in [4.78, 5) is 16.2. The number of carbonyl (C=O) groups is 1. The molecule has 0 spiro atoms. The summed E-state index contributed by atoms with van der Waals surface area (Å²) in [7, 11) is 1.72. The second-order valence-electron chi connectivity index (χ2n) is 5.96. The van der Waals surface area contributed by atoms with Crippen LogP contribution in [0.25, 0.3) is 0 Å². The van der Waals surface area contributed by atoms with Gasteiger partial charge in [0.2, 0.25) is 0 Å². The van der Waals surface area contributed by atoms with Gasteiger partial charge in [0.15, 0.2) is 0 Å². The number of likely N-dealkylation sites (N-methyl/N-ethyl adjacent to an activating group) is 2. The van der Waals surface area contributed by atoms with E-state index in [1.807, 2.05) is 0 Å². The lowest BCUT2D eigenvalue weighted by atomic mass is 9.96. The minimum atomic E-state index is -0.794. The number of aliphatic carboxylic acids is 1. The normalized spacial score (nSPS) is 23.1. The molecule has 0 aromatic carbocycles. The summed E-state index contributed by atoms with van der Waals surface area (Å²) >= 11 is 0. The quantitative estimate of drug-likeness (QED) is 0.668. The fourth-order valence-electron chi connectivity index (χ4n) is 3.05. The van der Waals surface area contributed by atoms with E-state index in [0.717, 1.165) is 39.1 Å². The van der Waals surface area contributed by atoms with Crippen LogP contribution in [0.15, 0.2) is 0 Å². The molecule has 2 atom stereocenters. The van der Waals surface area contributed by atoms with Gasteiger partial charge < -0.3 is 15.3 Å². The third-order valence-corrected chi connectivity index (χ3v) is 4.75. The summed E-state index contributed by atoms with van der Waals surface area (Å²) in [5.41, 5.74) is -0.794. The highest BCUT2D eigenvalue weighted by molar-refractivity contribution is 5.78. The van der Waals surface area contributed by atoms with Crippen molar-refractivity contribution in [3.63, 3.8) is 0 Å². The third-order valence-electron chi connectivity index (χ3n) is 4.75. The molecule has 1 saturated heterocycles. The van der Waals surface area contributed by atoms with Crippen LogP contribution < -0.4 is 5.32 Å². The topological polar surface area (TPSA) is 55.8 Å². The molecule has 1 rings (SSSR count). The molecule has 0 bridgehead atoms. The van der Waals surface area contributed by atoms with Crippen LogP contribution in [0.4, 0.5) is 0 Å². The number of likely N-dealkylation sites (tertiary alicyclic amines) is 1. The number of hydrogen-bond donors (Lipinski definition) is 2. The lowest BCUT2D eigenvalue weighted by Crippen LogP contribution is -2.47. The van der Waals surface area contributed by atoms with Gasteiger partial charge in [-0.3, -0.25) is 9.69 Å². The third kappa shape index (κ3) is 4.43. The molecule has 1 fully saturated rings. The van der Waals surface area contributed by atoms with Crippen molar-refractivity contribution in [3.8, 4) is 0 Å². The number of rotatable bonds is 9. The maximum Gasteiger partial charge on any atom is 0.323 e. The molecule has 2 unspecified atom stereocenters. The van der Waals surface area contributed by atoms with Crippen molar-refractivity contribution in [2.75, 3.05) is 39.8 Å². The highest BCUT2D eigenvalue weighted by Crippen LogP contribution is 2.18. The monoisotopic (exact) mass is 285 g/mol. The maximum atomic E-state index is 11.2. The van der Waals surface area contributed by atoms with Crippen molar-refractivity contribution >= 4 is 5.97 Å². The van der Waals surface area contributed by atoms with Crippen molar-refractivity contribution in [1.82, 2.24) is 15.1 Å². The van der Waals surface area contributed by atoms with Gasteiger partial charge in [-0.1, -0.05) is 13.8 Å². The summed E-state index contributed by atoms with van der Waals surface area (Å²) in [5.74, 6) is -0.762. The Bertz CT molecular complexity index is 307. The lowest BCUT2D eigenvalue weighted by molar-refractivity contribution is -0.144. The molecular weight excluding hydrogens is 254 g/mol. The maximum absolute atomic E-state index is 11.2. The standard InChI is InChI=1S/C15H31N3O2/c1-5-18(6-2)13-8-11-17(12-13)10-7-9-15(3,16-4)14(19)20/h13,16H,5-12H2,1-4H3,(H,19,20). The predicted molar refractivity (Wildman–Crippen MR) is 82.1 cm³/mol. The molecule has 0 aliphatic carbocycles. The van der Waals surface area contributed by atoms with E-state index < -0.39 is 11.5 Å². The number of nitrogens with zero attached hydrogens (tertiary/aromatic N) is 2. The molecule has 118 valence electrons. The van der Waals surface area contributed by atoms with Crippen molar-refractivity contribution < 1.29 is 9.90 Å². The number of nitrogens with one attached hydrogen (secondary N) is 1. The van der Waals surface area contributed by atoms with Gasteiger partial charge in [-0.05, 0) is 59.4 Å². The Morgan fingerprint density at radius 1 is 1.45 bits per heavy atom. The first-order valence-corrected chi connectivity index (χ1v) is 7.85. The molecule has 1 aliphatic heterocycles. The number of hydrogen-bond acceptors (Lipinski definition) is 4.